The van der Waals surface area contributed by atoms with E-state index in [1.54, 1.807) is 7.11 Å². The number of hydrogen-bond acceptors (Lipinski definition) is 2. The maximum absolute atomic E-state index is 5.39. The molecule has 3 heteroatoms. The van der Waals surface area contributed by atoms with Gasteiger partial charge in [0.25, 0.3) is 0 Å². The molecule has 0 unspecified atom stereocenters. The summed E-state index contributed by atoms with van der Waals surface area (Å²) < 4.78 is 7.74. The van der Waals surface area contributed by atoms with Crippen LogP contribution in [0.25, 0.3) is 0 Å². The van der Waals surface area contributed by atoms with Crippen LogP contribution in [0.1, 0.15) is 43.2 Å². The molecular formula is C26H34N2O. The molecule has 0 spiro atoms. The summed E-state index contributed by atoms with van der Waals surface area (Å²) >= 11 is 0. The van der Waals surface area contributed by atoms with Gasteiger partial charge in [-0.1, -0.05) is 50.2 Å². The van der Waals surface area contributed by atoms with Gasteiger partial charge in [-0.3, -0.25) is 4.90 Å². The Balaban J connectivity index is 1.81. The molecule has 0 N–H and O–H groups in total. The van der Waals surface area contributed by atoms with Crippen LogP contribution in [0.5, 0.6) is 5.75 Å². The molecule has 0 saturated heterocycles. The van der Waals surface area contributed by atoms with Gasteiger partial charge in [0.1, 0.15) is 5.75 Å². The van der Waals surface area contributed by atoms with Crippen LogP contribution >= 0.6 is 0 Å². The SMILES string of the molecule is COc1cccc(Cn2cccc2CN(Cc2ccccc2C)[C@@H](C)C(C)C)c1. The van der Waals surface area contributed by atoms with E-state index >= 15 is 0 Å². The summed E-state index contributed by atoms with van der Waals surface area (Å²) in [6, 6.07) is 22.0. The van der Waals surface area contributed by atoms with Gasteiger partial charge in [0, 0.05) is 37.6 Å². The zero-order valence-electron chi connectivity index (χ0n) is 18.4. The van der Waals surface area contributed by atoms with E-state index in [0.29, 0.717) is 12.0 Å². The summed E-state index contributed by atoms with van der Waals surface area (Å²) in [6.45, 7) is 11.9. The van der Waals surface area contributed by atoms with Crippen molar-refractivity contribution in [2.24, 2.45) is 5.92 Å². The van der Waals surface area contributed by atoms with Crippen molar-refractivity contribution in [2.45, 2.75) is 53.4 Å². The lowest BCUT2D eigenvalue weighted by molar-refractivity contribution is 0.148. The largest absolute Gasteiger partial charge is 0.497 e. The molecule has 3 aromatic rings. The molecule has 0 amide bonds. The van der Waals surface area contributed by atoms with Crippen LogP contribution in [0.15, 0.2) is 66.9 Å². The van der Waals surface area contributed by atoms with Crippen LogP contribution in [0.2, 0.25) is 0 Å². The third-order valence-electron chi connectivity index (χ3n) is 5.95. The second-order valence-electron chi connectivity index (χ2n) is 8.30. The van der Waals surface area contributed by atoms with E-state index in [1.807, 2.05) is 6.07 Å². The zero-order valence-corrected chi connectivity index (χ0v) is 18.4. The Morgan fingerprint density at radius 2 is 1.72 bits per heavy atom. The van der Waals surface area contributed by atoms with Gasteiger partial charge in [-0.05, 0) is 60.7 Å². The first-order chi connectivity index (χ1) is 14.0. The van der Waals surface area contributed by atoms with Crippen LogP contribution in [0, 0.1) is 12.8 Å². The Kier molecular flexibility index (Phi) is 7.16. The highest BCUT2D eigenvalue weighted by Crippen LogP contribution is 2.21. The summed E-state index contributed by atoms with van der Waals surface area (Å²) in [5.74, 6) is 1.51. The fourth-order valence-electron chi connectivity index (χ4n) is 3.69. The second-order valence-corrected chi connectivity index (χ2v) is 8.30. The van der Waals surface area contributed by atoms with Crippen molar-refractivity contribution >= 4 is 0 Å². The highest BCUT2D eigenvalue weighted by atomic mass is 16.5. The highest BCUT2D eigenvalue weighted by Gasteiger charge is 2.20. The first-order valence-electron chi connectivity index (χ1n) is 10.5. The first-order valence-corrected chi connectivity index (χ1v) is 10.5. The maximum atomic E-state index is 5.39. The zero-order chi connectivity index (χ0) is 20.8. The molecule has 0 aliphatic heterocycles. The molecule has 0 saturated carbocycles. The minimum atomic E-state index is 0.495. The molecule has 0 radical (unpaired) electrons. The molecule has 0 aliphatic rings. The molecular weight excluding hydrogens is 356 g/mol. The predicted molar refractivity (Wildman–Crippen MR) is 121 cm³/mol. The van der Waals surface area contributed by atoms with Crippen LogP contribution in [-0.4, -0.2) is 22.6 Å². The summed E-state index contributed by atoms with van der Waals surface area (Å²) in [4.78, 5) is 2.60. The van der Waals surface area contributed by atoms with Gasteiger partial charge in [0.2, 0.25) is 0 Å². The average molecular weight is 391 g/mol. The number of benzene rings is 2. The monoisotopic (exact) mass is 390 g/mol. The van der Waals surface area contributed by atoms with E-state index in [2.05, 4.69) is 98.0 Å². The van der Waals surface area contributed by atoms with E-state index < -0.39 is 0 Å². The molecule has 3 nitrogen and oxygen atoms in total. The quantitative estimate of drug-likeness (QED) is 0.452. The molecule has 0 fully saturated rings. The number of aromatic nitrogens is 1. The number of rotatable bonds is 9. The minimum absolute atomic E-state index is 0.495. The van der Waals surface area contributed by atoms with Gasteiger partial charge in [0.15, 0.2) is 0 Å². The molecule has 0 bridgehead atoms. The Bertz CT molecular complexity index is 912. The van der Waals surface area contributed by atoms with Crippen LogP contribution in [-0.2, 0) is 19.6 Å². The second kappa shape index (κ2) is 9.80. The average Bonchev–Trinajstić information content (AvgIpc) is 3.15. The van der Waals surface area contributed by atoms with E-state index in [9.17, 15) is 0 Å². The van der Waals surface area contributed by atoms with Gasteiger partial charge in [-0.25, -0.2) is 0 Å². The Hall–Kier alpha value is -2.52. The van der Waals surface area contributed by atoms with Gasteiger partial charge in [-0.15, -0.1) is 0 Å². The number of nitrogens with zero attached hydrogens (tertiary/aromatic N) is 2. The van der Waals surface area contributed by atoms with Gasteiger partial charge < -0.3 is 9.30 Å². The van der Waals surface area contributed by atoms with E-state index in [4.69, 9.17) is 4.74 Å². The Morgan fingerprint density at radius 3 is 2.45 bits per heavy atom. The van der Waals surface area contributed by atoms with Crippen LogP contribution in [0.3, 0.4) is 0 Å². The third kappa shape index (κ3) is 5.51. The minimum Gasteiger partial charge on any atom is -0.497 e. The predicted octanol–water partition coefficient (Wildman–Crippen LogP) is 5.90. The molecule has 1 aromatic heterocycles. The van der Waals surface area contributed by atoms with E-state index in [-0.39, 0.29) is 0 Å². The van der Waals surface area contributed by atoms with E-state index in [0.717, 1.165) is 25.4 Å². The summed E-state index contributed by atoms with van der Waals surface area (Å²) in [6.07, 6.45) is 2.18. The smallest absolute Gasteiger partial charge is 0.119 e. The van der Waals surface area contributed by atoms with Crippen LogP contribution < -0.4 is 4.74 Å². The molecule has 3 rings (SSSR count). The summed E-state index contributed by atoms with van der Waals surface area (Å²) in [7, 11) is 1.72. The number of methoxy groups -OCH3 is 1. The lowest BCUT2D eigenvalue weighted by atomic mass is 10.0. The highest BCUT2D eigenvalue weighted by molar-refractivity contribution is 5.29. The normalized spacial score (nSPS) is 12.5. The molecule has 1 heterocycles. The topological polar surface area (TPSA) is 17.4 Å². The van der Waals surface area contributed by atoms with Crippen LogP contribution in [0.4, 0.5) is 0 Å². The van der Waals surface area contributed by atoms with Crippen molar-refractivity contribution in [3.05, 3.63) is 89.2 Å². The fraction of sp³-hybridized carbons (Fsp3) is 0.385. The van der Waals surface area contributed by atoms with Crippen molar-refractivity contribution in [2.75, 3.05) is 7.11 Å². The fourth-order valence-corrected chi connectivity index (χ4v) is 3.69. The van der Waals surface area contributed by atoms with Gasteiger partial charge >= 0.3 is 0 Å². The molecule has 154 valence electrons. The van der Waals surface area contributed by atoms with Gasteiger partial charge in [-0.2, -0.15) is 0 Å². The van der Waals surface area contributed by atoms with Gasteiger partial charge in [0.05, 0.1) is 7.11 Å². The Labute approximate surface area is 175 Å². The number of ether oxygens (including phenoxy) is 1. The standard InChI is InChI=1S/C26H34N2O/c1-20(2)22(4)28(18-24-12-7-6-10-21(24)3)19-25-13-9-15-27(25)17-23-11-8-14-26(16-23)29-5/h6-16,20,22H,17-19H2,1-5H3/t22-/m0/s1. The summed E-state index contributed by atoms with van der Waals surface area (Å²) in [5, 5.41) is 0. The molecule has 0 aliphatic carbocycles. The third-order valence-corrected chi connectivity index (χ3v) is 5.95. The lowest BCUT2D eigenvalue weighted by Gasteiger charge is -2.32. The summed E-state index contributed by atoms with van der Waals surface area (Å²) in [5.41, 5.74) is 5.36. The van der Waals surface area contributed by atoms with Crippen molar-refractivity contribution < 1.29 is 4.74 Å². The lowest BCUT2D eigenvalue weighted by Crippen LogP contribution is -2.36. The van der Waals surface area contributed by atoms with Crippen molar-refractivity contribution in [1.29, 1.82) is 0 Å². The first kappa shape index (κ1) is 21.2. The molecule has 29 heavy (non-hydrogen) atoms. The van der Waals surface area contributed by atoms with E-state index in [1.165, 1.54) is 22.4 Å². The number of hydrogen-bond donors (Lipinski definition) is 0. The molecule has 2 aromatic carbocycles. The van der Waals surface area contributed by atoms with Crippen molar-refractivity contribution in [3.63, 3.8) is 0 Å². The molecule has 1 atom stereocenters. The van der Waals surface area contributed by atoms with Crippen molar-refractivity contribution in [1.82, 2.24) is 9.47 Å². The maximum Gasteiger partial charge on any atom is 0.119 e. The number of aryl methyl sites for hydroxylation is 1. The Morgan fingerprint density at radius 1 is 0.931 bits per heavy atom. The van der Waals surface area contributed by atoms with Crippen molar-refractivity contribution in [3.8, 4) is 5.75 Å².